The molecule has 2 heterocycles. The maximum absolute atomic E-state index is 13.1. The first-order valence-electron chi connectivity index (χ1n) is 9.44. The highest BCUT2D eigenvalue weighted by molar-refractivity contribution is 8.04. The predicted molar refractivity (Wildman–Crippen MR) is 106 cm³/mol. The van der Waals surface area contributed by atoms with Gasteiger partial charge in [-0.05, 0) is 37.1 Å². The maximum Gasteiger partial charge on any atom is 0.202 e. The maximum atomic E-state index is 13.1. The van der Waals surface area contributed by atoms with Crippen LogP contribution in [0.1, 0.15) is 48.9 Å². The van der Waals surface area contributed by atoms with Gasteiger partial charge in [-0.2, -0.15) is 0 Å². The summed E-state index contributed by atoms with van der Waals surface area (Å²) in [6.07, 6.45) is 7.14. The molecule has 1 aliphatic carbocycles. The van der Waals surface area contributed by atoms with E-state index >= 15 is 0 Å². The second-order valence-corrected chi connectivity index (χ2v) is 8.56. The Bertz CT molecular complexity index is 884. The van der Waals surface area contributed by atoms with Gasteiger partial charge in [-0.1, -0.05) is 61.4 Å². The normalized spacial score (nSPS) is 24.3. The van der Waals surface area contributed by atoms with Crippen LogP contribution in [-0.4, -0.2) is 11.3 Å². The first-order chi connectivity index (χ1) is 12.8. The van der Waals surface area contributed by atoms with Gasteiger partial charge in [0, 0.05) is 22.4 Å². The number of hydrogen-bond acceptors (Lipinski definition) is 4. The molecule has 0 amide bonds. The molecule has 0 bridgehead atoms. The quantitative estimate of drug-likeness (QED) is 0.697. The fraction of sp³-hybridized carbons (Fsp3) is 0.318. The molecule has 1 saturated heterocycles. The molecule has 4 heteroatoms. The van der Waals surface area contributed by atoms with Gasteiger partial charge in [-0.3, -0.25) is 9.80 Å². The van der Waals surface area contributed by atoms with E-state index < -0.39 is 0 Å². The number of ketones is 1. The van der Waals surface area contributed by atoms with Crippen LogP contribution in [0.2, 0.25) is 0 Å². The van der Waals surface area contributed by atoms with Crippen molar-refractivity contribution < 1.29 is 4.79 Å². The summed E-state index contributed by atoms with van der Waals surface area (Å²) in [5, 5.41) is 2.19. The first-order valence-corrected chi connectivity index (χ1v) is 10.3. The number of allylic oxidation sites excluding steroid dienone is 1. The minimum absolute atomic E-state index is 0.103. The molecule has 2 aliphatic heterocycles. The molecule has 2 aromatic rings. The molecule has 1 N–H and O–H groups in total. The van der Waals surface area contributed by atoms with E-state index in [2.05, 4.69) is 40.8 Å². The summed E-state index contributed by atoms with van der Waals surface area (Å²) < 4.78 is 0. The van der Waals surface area contributed by atoms with Crippen LogP contribution >= 0.6 is 11.8 Å². The van der Waals surface area contributed by atoms with Crippen LogP contribution < -0.4 is 10.4 Å². The molecule has 0 atom stereocenters. The van der Waals surface area contributed by atoms with E-state index in [1.807, 2.05) is 24.3 Å². The Morgan fingerprint density at radius 2 is 1.65 bits per heavy atom. The van der Waals surface area contributed by atoms with Crippen molar-refractivity contribution in [1.82, 2.24) is 5.43 Å². The van der Waals surface area contributed by atoms with Crippen LogP contribution in [0.5, 0.6) is 0 Å². The number of rotatable bonds is 1. The van der Waals surface area contributed by atoms with E-state index in [0.717, 1.165) is 33.2 Å². The number of carbonyl (C=O) groups is 1. The molecular formula is C22H22N2OS. The Hall–Kier alpha value is -2.04. The van der Waals surface area contributed by atoms with Crippen LogP contribution in [0.3, 0.4) is 0 Å². The van der Waals surface area contributed by atoms with Crippen molar-refractivity contribution in [3.8, 4) is 0 Å². The molecule has 132 valence electrons. The minimum Gasteiger partial charge on any atom is -0.288 e. The van der Waals surface area contributed by atoms with Gasteiger partial charge < -0.3 is 0 Å². The fourth-order valence-electron chi connectivity index (χ4n) is 4.45. The highest BCUT2D eigenvalue weighted by Crippen LogP contribution is 2.48. The van der Waals surface area contributed by atoms with E-state index in [4.69, 9.17) is 0 Å². The number of anilines is 1. The van der Waals surface area contributed by atoms with Crippen LogP contribution in [0, 0.1) is 0 Å². The number of para-hydroxylation sites is 1. The molecule has 1 saturated carbocycles. The van der Waals surface area contributed by atoms with Gasteiger partial charge in [0.15, 0.2) is 0 Å². The van der Waals surface area contributed by atoms with E-state index in [0.29, 0.717) is 0 Å². The number of nitrogens with zero attached hydrogens (tertiary/aromatic N) is 1. The number of benzene rings is 2. The standard InChI is InChI=1S/C22H22N2OS/c25-20-17-11-5-6-12-19(17)26-21(20)18-15-22(13-7-2-8-14-22)23-24(18)16-9-3-1-4-10-16/h1,3-6,9-12,23H,2,7-8,13-15H2. The molecule has 5 rings (SSSR count). The van der Waals surface area contributed by atoms with Crippen molar-refractivity contribution in [2.75, 3.05) is 5.01 Å². The average Bonchev–Trinajstić information content (AvgIpc) is 3.22. The zero-order valence-corrected chi connectivity index (χ0v) is 15.5. The topological polar surface area (TPSA) is 32.3 Å². The minimum atomic E-state index is 0.103. The number of carbonyl (C=O) groups excluding carboxylic acids is 1. The Kier molecular flexibility index (Phi) is 3.91. The largest absolute Gasteiger partial charge is 0.288 e. The number of thioether (sulfide) groups is 1. The second-order valence-electron chi connectivity index (χ2n) is 7.50. The van der Waals surface area contributed by atoms with Gasteiger partial charge in [0.1, 0.15) is 0 Å². The summed E-state index contributed by atoms with van der Waals surface area (Å²) in [5.74, 6) is 0.177. The SMILES string of the molecule is O=C1C(=C2CC3(CCCCC3)NN2c2ccccc2)Sc2ccccc21. The van der Waals surface area contributed by atoms with Gasteiger partial charge in [-0.15, -0.1) is 0 Å². The zero-order chi connectivity index (χ0) is 17.6. The summed E-state index contributed by atoms with van der Waals surface area (Å²) in [6, 6.07) is 18.4. The molecule has 2 aromatic carbocycles. The number of fused-ring (bicyclic) bond motifs is 1. The van der Waals surface area contributed by atoms with Crippen LogP contribution in [0.25, 0.3) is 0 Å². The van der Waals surface area contributed by atoms with Gasteiger partial charge >= 0.3 is 0 Å². The molecule has 0 unspecified atom stereocenters. The lowest BCUT2D eigenvalue weighted by Crippen LogP contribution is -2.47. The van der Waals surface area contributed by atoms with Crippen LogP contribution in [-0.2, 0) is 0 Å². The monoisotopic (exact) mass is 362 g/mol. The average molecular weight is 362 g/mol. The summed E-state index contributed by atoms with van der Waals surface area (Å²) in [6.45, 7) is 0. The molecule has 3 nitrogen and oxygen atoms in total. The Labute approximate surface area is 158 Å². The van der Waals surface area contributed by atoms with E-state index in [9.17, 15) is 4.79 Å². The van der Waals surface area contributed by atoms with Crippen molar-refractivity contribution >= 4 is 23.2 Å². The number of hydrazine groups is 1. The van der Waals surface area contributed by atoms with Crippen molar-refractivity contribution in [2.24, 2.45) is 0 Å². The zero-order valence-electron chi connectivity index (χ0n) is 14.7. The molecule has 1 spiro atoms. The number of hydrogen-bond donors (Lipinski definition) is 1. The number of Topliss-reactive ketones (excluding diaryl/α,β-unsaturated/α-hetero) is 1. The molecule has 0 aromatic heterocycles. The van der Waals surface area contributed by atoms with Gasteiger partial charge in [0.05, 0.1) is 16.3 Å². The van der Waals surface area contributed by atoms with Crippen LogP contribution in [0.4, 0.5) is 5.69 Å². The lowest BCUT2D eigenvalue weighted by atomic mass is 9.80. The van der Waals surface area contributed by atoms with E-state index in [1.54, 1.807) is 11.8 Å². The van der Waals surface area contributed by atoms with Crippen molar-refractivity contribution in [3.05, 3.63) is 70.8 Å². The Morgan fingerprint density at radius 1 is 0.923 bits per heavy atom. The molecule has 3 aliphatic rings. The lowest BCUT2D eigenvalue weighted by Gasteiger charge is -2.34. The van der Waals surface area contributed by atoms with Crippen molar-refractivity contribution in [2.45, 2.75) is 49.0 Å². The lowest BCUT2D eigenvalue weighted by molar-refractivity contribution is 0.104. The fourth-order valence-corrected chi connectivity index (χ4v) is 5.57. The third-order valence-corrected chi connectivity index (χ3v) is 6.96. The smallest absolute Gasteiger partial charge is 0.202 e. The Balaban J connectivity index is 1.60. The van der Waals surface area contributed by atoms with Gasteiger partial charge in [0.25, 0.3) is 0 Å². The van der Waals surface area contributed by atoms with E-state index in [1.165, 1.54) is 32.1 Å². The van der Waals surface area contributed by atoms with Crippen LogP contribution in [0.15, 0.2) is 70.1 Å². The second kappa shape index (κ2) is 6.29. The first kappa shape index (κ1) is 16.2. The van der Waals surface area contributed by atoms with Crippen molar-refractivity contribution in [3.63, 3.8) is 0 Å². The number of nitrogens with one attached hydrogen (secondary N) is 1. The highest BCUT2D eigenvalue weighted by Gasteiger charge is 2.44. The van der Waals surface area contributed by atoms with Crippen molar-refractivity contribution in [1.29, 1.82) is 0 Å². The van der Waals surface area contributed by atoms with E-state index in [-0.39, 0.29) is 11.3 Å². The summed E-state index contributed by atoms with van der Waals surface area (Å²) >= 11 is 1.64. The summed E-state index contributed by atoms with van der Waals surface area (Å²) in [5.41, 5.74) is 7.01. The highest BCUT2D eigenvalue weighted by atomic mass is 32.2. The molecule has 2 fully saturated rings. The van der Waals surface area contributed by atoms with Gasteiger partial charge in [0.2, 0.25) is 5.78 Å². The predicted octanol–water partition coefficient (Wildman–Crippen LogP) is 5.30. The van der Waals surface area contributed by atoms with Gasteiger partial charge in [-0.25, -0.2) is 5.43 Å². The third kappa shape index (κ3) is 2.60. The third-order valence-electron chi connectivity index (χ3n) is 5.76. The molecule has 0 radical (unpaired) electrons. The summed E-state index contributed by atoms with van der Waals surface area (Å²) in [4.78, 5) is 15.1. The molecule has 26 heavy (non-hydrogen) atoms. The molecular weight excluding hydrogens is 340 g/mol. The summed E-state index contributed by atoms with van der Waals surface area (Å²) in [7, 11) is 0. The Morgan fingerprint density at radius 3 is 2.42 bits per heavy atom.